The molecule has 1 aliphatic rings. The van der Waals surface area contributed by atoms with Gasteiger partial charge in [-0.3, -0.25) is 4.98 Å². The van der Waals surface area contributed by atoms with Crippen molar-refractivity contribution in [1.29, 1.82) is 0 Å². The van der Waals surface area contributed by atoms with Gasteiger partial charge in [-0.2, -0.15) is 0 Å². The standard InChI is InChI=1S/C13H20N2O2/c1-11-3-2-6-15-12(11)9-17-13(10-14)4-7-16-8-5-13/h2-3,6H,4-5,7-10,14H2,1H3. The number of hydrogen-bond acceptors (Lipinski definition) is 4. The molecule has 1 fully saturated rings. The molecule has 0 unspecified atom stereocenters. The number of rotatable bonds is 4. The Morgan fingerprint density at radius 3 is 2.88 bits per heavy atom. The lowest BCUT2D eigenvalue weighted by atomic mass is 9.94. The van der Waals surface area contributed by atoms with Crippen molar-refractivity contribution in [3.05, 3.63) is 29.6 Å². The fraction of sp³-hybridized carbons (Fsp3) is 0.615. The van der Waals surface area contributed by atoms with E-state index in [4.69, 9.17) is 15.2 Å². The Bertz CT molecular complexity index is 362. The van der Waals surface area contributed by atoms with Crippen LogP contribution < -0.4 is 5.73 Å². The topological polar surface area (TPSA) is 57.4 Å². The quantitative estimate of drug-likeness (QED) is 0.859. The van der Waals surface area contributed by atoms with E-state index in [9.17, 15) is 0 Å². The molecule has 1 aromatic rings. The first-order valence-electron chi connectivity index (χ1n) is 6.08. The molecule has 0 atom stereocenters. The van der Waals surface area contributed by atoms with Gasteiger partial charge in [0.25, 0.3) is 0 Å². The van der Waals surface area contributed by atoms with Gasteiger partial charge < -0.3 is 15.2 Å². The highest BCUT2D eigenvalue weighted by Gasteiger charge is 2.32. The molecule has 1 aliphatic heterocycles. The molecule has 0 amide bonds. The summed E-state index contributed by atoms with van der Waals surface area (Å²) < 4.78 is 11.4. The Hall–Kier alpha value is -0.970. The van der Waals surface area contributed by atoms with E-state index in [1.165, 1.54) is 0 Å². The SMILES string of the molecule is Cc1cccnc1COC1(CN)CCOCC1. The fourth-order valence-corrected chi connectivity index (χ4v) is 2.04. The van der Waals surface area contributed by atoms with Gasteiger partial charge in [0.15, 0.2) is 0 Å². The van der Waals surface area contributed by atoms with Gasteiger partial charge >= 0.3 is 0 Å². The second-order valence-electron chi connectivity index (χ2n) is 4.56. The normalized spacial score (nSPS) is 19.2. The predicted molar refractivity (Wildman–Crippen MR) is 65.6 cm³/mol. The fourth-order valence-electron chi connectivity index (χ4n) is 2.04. The molecular weight excluding hydrogens is 216 g/mol. The predicted octanol–water partition coefficient (Wildman–Crippen LogP) is 1.41. The Morgan fingerprint density at radius 2 is 2.24 bits per heavy atom. The number of aryl methyl sites for hydroxylation is 1. The molecule has 1 aromatic heterocycles. The molecule has 0 aliphatic carbocycles. The average Bonchev–Trinajstić information content (AvgIpc) is 2.39. The van der Waals surface area contributed by atoms with Gasteiger partial charge in [-0.15, -0.1) is 0 Å². The molecule has 4 nitrogen and oxygen atoms in total. The van der Waals surface area contributed by atoms with Crippen LogP contribution in [-0.2, 0) is 16.1 Å². The zero-order chi connectivity index (χ0) is 12.1. The number of nitrogens with two attached hydrogens (primary N) is 1. The summed E-state index contributed by atoms with van der Waals surface area (Å²) in [4.78, 5) is 4.33. The van der Waals surface area contributed by atoms with E-state index in [0.717, 1.165) is 37.3 Å². The van der Waals surface area contributed by atoms with Crippen molar-refractivity contribution in [2.75, 3.05) is 19.8 Å². The van der Waals surface area contributed by atoms with Crippen LogP contribution in [0.1, 0.15) is 24.1 Å². The van der Waals surface area contributed by atoms with E-state index in [1.54, 1.807) is 6.20 Å². The molecule has 4 heteroatoms. The highest BCUT2D eigenvalue weighted by Crippen LogP contribution is 2.25. The largest absolute Gasteiger partial charge is 0.381 e. The summed E-state index contributed by atoms with van der Waals surface area (Å²) in [7, 11) is 0. The van der Waals surface area contributed by atoms with Gasteiger partial charge in [-0.1, -0.05) is 6.07 Å². The molecule has 0 radical (unpaired) electrons. The lowest BCUT2D eigenvalue weighted by molar-refractivity contribution is -0.113. The summed E-state index contributed by atoms with van der Waals surface area (Å²) in [6.45, 7) is 4.59. The van der Waals surface area contributed by atoms with Crippen molar-refractivity contribution in [3.63, 3.8) is 0 Å². The average molecular weight is 236 g/mol. The van der Waals surface area contributed by atoms with Crippen molar-refractivity contribution in [2.45, 2.75) is 32.0 Å². The van der Waals surface area contributed by atoms with Crippen molar-refractivity contribution in [1.82, 2.24) is 4.98 Å². The van der Waals surface area contributed by atoms with Crippen LogP contribution >= 0.6 is 0 Å². The Labute approximate surface area is 102 Å². The number of ether oxygens (including phenoxy) is 2. The third kappa shape index (κ3) is 3.03. The minimum absolute atomic E-state index is 0.220. The smallest absolute Gasteiger partial charge is 0.0898 e. The first-order chi connectivity index (χ1) is 8.26. The van der Waals surface area contributed by atoms with Gasteiger partial charge in [-0.25, -0.2) is 0 Å². The summed E-state index contributed by atoms with van der Waals surface area (Å²) in [5.41, 5.74) is 7.77. The zero-order valence-corrected chi connectivity index (χ0v) is 10.3. The van der Waals surface area contributed by atoms with Gasteiger partial charge in [-0.05, 0) is 18.6 Å². The first-order valence-corrected chi connectivity index (χ1v) is 6.08. The number of pyridine rings is 1. The van der Waals surface area contributed by atoms with Crippen LogP contribution in [0.25, 0.3) is 0 Å². The van der Waals surface area contributed by atoms with Crippen LogP contribution in [0.2, 0.25) is 0 Å². The summed E-state index contributed by atoms with van der Waals surface area (Å²) in [6.07, 6.45) is 3.54. The van der Waals surface area contributed by atoms with E-state index < -0.39 is 0 Å². The maximum atomic E-state index is 6.02. The van der Waals surface area contributed by atoms with Gasteiger partial charge in [0.05, 0.1) is 17.9 Å². The number of aromatic nitrogens is 1. The Kier molecular flexibility index (Phi) is 4.10. The van der Waals surface area contributed by atoms with E-state index in [2.05, 4.69) is 4.98 Å². The van der Waals surface area contributed by atoms with Crippen LogP contribution in [0.4, 0.5) is 0 Å². The maximum Gasteiger partial charge on any atom is 0.0898 e. The van der Waals surface area contributed by atoms with Crippen LogP contribution in [-0.4, -0.2) is 30.3 Å². The molecule has 94 valence electrons. The number of nitrogens with zero attached hydrogens (tertiary/aromatic N) is 1. The molecule has 0 spiro atoms. The molecular formula is C13H20N2O2. The second-order valence-corrected chi connectivity index (χ2v) is 4.56. The minimum atomic E-state index is -0.220. The first kappa shape index (κ1) is 12.5. The molecule has 17 heavy (non-hydrogen) atoms. The maximum absolute atomic E-state index is 6.02. The molecule has 2 heterocycles. The van der Waals surface area contributed by atoms with Crippen LogP contribution in [0.15, 0.2) is 18.3 Å². The van der Waals surface area contributed by atoms with Crippen LogP contribution in [0.5, 0.6) is 0 Å². The summed E-state index contributed by atoms with van der Waals surface area (Å²) >= 11 is 0. The van der Waals surface area contributed by atoms with E-state index >= 15 is 0 Å². The van der Waals surface area contributed by atoms with Gasteiger partial charge in [0.2, 0.25) is 0 Å². The Morgan fingerprint density at radius 1 is 1.47 bits per heavy atom. The molecule has 0 saturated carbocycles. The summed E-state index contributed by atoms with van der Waals surface area (Å²) in [6, 6.07) is 3.98. The highest BCUT2D eigenvalue weighted by molar-refractivity contribution is 5.16. The summed E-state index contributed by atoms with van der Waals surface area (Å²) in [5, 5.41) is 0. The monoisotopic (exact) mass is 236 g/mol. The van der Waals surface area contributed by atoms with Crippen molar-refractivity contribution in [2.24, 2.45) is 5.73 Å². The molecule has 2 N–H and O–H groups in total. The third-order valence-corrected chi connectivity index (χ3v) is 3.41. The van der Waals surface area contributed by atoms with Crippen molar-refractivity contribution >= 4 is 0 Å². The van der Waals surface area contributed by atoms with Gasteiger partial charge in [0, 0.05) is 38.8 Å². The van der Waals surface area contributed by atoms with Gasteiger partial charge in [0.1, 0.15) is 0 Å². The lowest BCUT2D eigenvalue weighted by Crippen LogP contribution is -2.45. The molecule has 2 rings (SSSR count). The zero-order valence-electron chi connectivity index (χ0n) is 10.3. The third-order valence-electron chi connectivity index (χ3n) is 3.41. The minimum Gasteiger partial charge on any atom is -0.381 e. The van der Waals surface area contributed by atoms with E-state index in [-0.39, 0.29) is 5.60 Å². The molecule has 0 bridgehead atoms. The highest BCUT2D eigenvalue weighted by atomic mass is 16.5. The van der Waals surface area contributed by atoms with E-state index in [1.807, 2.05) is 19.1 Å². The van der Waals surface area contributed by atoms with E-state index in [0.29, 0.717) is 13.2 Å². The van der Waals surface area contributed by atoms with Crippen LogP contribution in [0, 0.1) is 6.92 Å². The lowest BCUT2D eigenvalue weighted by Gasteiger charge is -2.36. The number of hydrogen-bond donors (Lipinski definition) is 1. The van der Waals surface area contributed by atoms with Crippen LogP contribution in [0.3, 0.4) is 0 Å². The second kappa shape index (κ2) is 5.58. The summed E-state index contributed by atoms with van der Waals surface area (Å²) in [5.74, 6) is 0. The molecule has 0 aromatic carbocycles. The Balaban J connectivity index is 1.98. The van der Waals surface area contributed by atoms with Crippen molar-refractivity contribution < 1.29 is 9.47 Å². The van der Waals surface area contributed by atoms with Crippen molar-refractivity contribution in [3.8, 4) is 0 Å². The molecule has 1 saturated heterocycles.